The van der Waals surface area contributed by atoms with Crippen LogP contribution in [0.25, 0.3) is 0 Å². The molecule has 1 rings (SSSR count). The van der Waals surface area contributed by atoms with Gasteiger partial charge < -0.3 is 5.32 Å². The normalized spacial score (nSPS) is 8.58. The largest absolute Gasteiger partial charge is 0.317 e. The van der Waals surface area contributed by atoms with Gasteiger partial charge in [0.25, 0.3) is 0 Å². The lowest BCUT2D eigenvalue weighted by Gasteiger charge is -1.86. The van der Waals surface area contributed by atoms with E-state index in [4.69, 9.17) is 11.6 Å². The Morgan fingerprint density at radius 1 is 1.08 bits per heavy atom. The Kier molecular flexibility index (Phi) is 8.19. The average Bonchev–Trinajstić information content (AvgIpc) is 2.08. The quantitative estimate of drug-likeness (QED) is 0.747. The van der Waals surface area contributed by atoms with Gasteiger partial charge in [-0.25, -0.2) is 0 Å². The van der Waals surface area contributed by atoms with Crippen LogP contribution in [-0.4, -0.2) is 13.1 Å². The molecule has 1 aromatic carbocycles. The standard InChI is InChI=1S/C6H5Cl.C4H11N/c7-6-4-2-1-3-5-6;1-3-5-4-2/h1-5H;5H,3-4H2,1-2H3. The zero-order valence-electron chi connectivity index (χ0n) is 7.68. The molecule has 0 aliphatic carbocycles. The van der Waals surface area contributed by atoms with E-state index in [1.165, 1.54) is 0 Å². The second-order valence-corrected chi connectivity index (χ2v) is 2.69. The first-order chi connectivity index (χ1) is 5.81. The topological polar surface area (TPSA) is 12.0 Å². The zero-order valence-corrected chi connectivity index (χ0v) is 8.43. The summed E-state index contributed by atoms with van der Waals surface area (Å²) < 4.78 is 0. The molecule has 0 fully saturated rings. The van der Waals surface area contributed by atoms with Crippen LogP contribution in [0, 0.1) is 0 Å². The Labute approximate surface area is 79.8 Å². The molecule has 0 amide bonds. The first-order valence-corrected chi connectivity index (χ1v) is 4.60. The molecule has 0 saturated heterocycles. The maximum absolute atomic E-state index is 5.54. The van der Waals surface area contributed by atoms with Crippen molar-refractivity contribution in [2.45, 2.75) is 13.8 Å². The maximum atomic E-state index is 5.54. The van der Waals surface area contributed by atoms with Crippen LogP contribution in [0.2, 0.25) is 5.02 Å². The van der Waals surface area contributed by atoms with E-state index in [0.717, 1.165) is 18.1 Å². The van der Waals surface area contributed by atoms with Crippen LogP contribution in [0.3, 0.4) is 0 Å². The zero-order chi connectivity index (χ0) is 9.23. The van der Waals surface area contributed by atoms with Crippen molar-refractivity contribution in [2.24, 2.45) is 0 Å². The summed E-state index contributed by atoms with van der Waals surface area (Å²) in [6, 6.07) is 9.44. The Bertz CT molecular complexity index is 172. The fourth-order valence-electron chi connectivity index (χ4n) is 0.665. The van der Waals surface area contributed by atoms with Gasteiger partial charge in [0.1, 0.15) is 0 Å². The third-order valence-electron chi connectivity index (χ3n) is 1.23. The summed E-state index contributed by atoms with van der Waals surface area (Å²) in [4.78, 5) is 0. The smallest absolute Gasteiger partial charge is 0.0405 e. The Morgan fingerprint density at radius 2 is 1.58 bits per heavy atom. The van der Waals surface area contributed by atoms with Crippen molar-refractivity contribution in [2.75, 3.05) is 13.1 Å². The predicted molar refractivity (Wildman–Crippen MR) is 55.7 cm³/mol. The average molecular weight is 186 g/mol. The minimum Gasteiger partial charge on any atom is -0.317 e. The number of rotatable bonds is 2. The highest BCUT2D eigenvalue weighted by atomic mass is 35.5. The van der Waals surface area contributed by atoms with Gasteiger partial charge in [0.05, 0.1) is 0 Å². The van der Waals surface area contributed by atoms with E-state index < -0.39 is 0 Å². The molecule has 12 heavy (non-hydrogen) atoms. The van der Waals surface area contributed by atoms with Gasteiger partial charge in [-0.3, -0.25) is 0 Å². The molecule has 2 heteroatoms. The second kappa shape index (κ2) is 8.57. The molecule has 0 saturated carbocycles. The van der Waals surface area contributed by atoms with Gasteiger partial charge in [-0.05, 0) is 25.2 Å². The number of nitrogens with one attached hydrogen (secondary N) is 1. The van der Waals surface area contributed by atoms with Crippen LogP contribution in [0.15, 0.2) is 30.3 Å². The molecule has 1 aromatic rings. The highest BCUT2D eigenvalue weighted by molar-refractivity contribution is 6.30. The minimum atomic E-state index is 0.794. The summed E-state index contributed by atoms with van der Waals surface area (Å²) in [6.45, 7) is 6.39. The number of benzene rings is 1. The molecule has 0 aromatic heterocycles. The molecule has 1 N–H and O–H groups in total. The highest BCUT2D eigenvalue weighted by Gasteiger charge is 1.74. The van der Waals surface area contributed by atoms with Crippen LogP contribution in [0.1, 0.15) is 13.8 Å². The number of hydrogen-bond donors (Lipinski definition) is 1. The van der Waals surface area contributed by atoms with E-state index in [-0.39, 0.29) is 0 Å². The Morgan fingerprint density at radius 3 is 1.75 bits per heavy atom. The Balaban J connectivity index is 0.000000217. The molecule has 0 bridgehead atoms. The molecule has 0 spiro atoms. The molecule has 0 heterocycles. The second-order valence-electron chi connectivity index (χ2n) is 2.25. The van der Waals surface area contributed by atoms with Crippen molar-refractivity contribution < 1.29 is 0 Å². The number of halogens is 1. The van der Waals surface area contributed by atoms with Gasteiger partial charge in [-0.1, -0.05) is 43.6 Å². The summed E-state index contributed by atoms with van der Waals surface area (Å²) in [5.74, 6) is 0. The summed E-state index contributed by atoms with van der Waals surface area (Å²) in [5.41, 5.74) is 0. The van der Waals surface area contributed by atoms with Crippen LogP contribution in [0.4, 0.5) is 0 Å². The van der Waals surface area contributed by atoms with Crippen molar-refractivity contribution in [3.8, 4) is 0 Å². The lowest BCUT2D eigenvalue weighted by molar-refractivity contribution is 0.762. The molecule has 0 unspecified atom stereocenters. The summed E-state index contributed by atoms with van der Waals surface area (Å²) in [5, 5.41) is 3.91. The SMILES string of the molecule is CCNCC.Clc1ccccc1. The monoisotopic (exact) mass is 185 g/mol. The van der Waals surface area contributed by atoms with Crippen molar-refractivity contribution in [3.05, 3.63) is 35.4 Å². The van der Waals surface area contributed by atoms with E-state index in [0.29, 0.717) is 0 Å². The van der Waals surface area contributed by atoms with Gasteiger partial charge in [0, 0.05) is 5.02 Å². The van der Waals surface area contributed by atoms with E-state index in [1.807, 2.05) is 30.3 Å². The molecule has 0 radical (unpaired) electrons. The van der Waals surface area contributed by atoms with Gasteiger partial charge in [-0.15, -0.1) is 0 Å². The van der Waals surface area contributed by atoms with E-state index in [2.05, 4.69) is 19.2 Å². The molecule has 68 valence electrons. The van der Waals surface area contributed by atoms with E-state index >= 15 is 0 Å². The van der Waals surface area contributed by atoms with Crippen molar-refractivity contribution in [1.29, 1.82) is 0 Å². The van der Waals surface area contributed by atoms with Gasteiger partial charge in [-0.2, -0.15) is 0 Å². The lowest BCUT2D eigenvalue weighted by Crippen LogP contribution is -2.09. The molecule has 0 atom stereocenters. The molecule has 0 aliphatic rings. The van der Waals surface area contributed by atoms with Crippen LogP contribution < -0.4 is 5.32 Å². The molecule has 0 aliphatic heterocycles. The van der Waals surface area contributed by atoms with Gasteiger partial charge in [0.2, 0.25) is 0 Å². The fraction of sp³-hybridized carbons (Fsp3) is 0.400. The first-order valence-electron chi connectivity index (χ1n) is 4.22. The van der Waals surface area contributed by atoms with E-state index in [9.17, 15) is 0 Å². The number of hydrogen-bond acceptors (Lipinski definition) is 1. The summed E-state index contributed by atoms with van der Waals surface area (Å²) >= 11 is 5.54. The summed E-state index contributed by atoms with van der Waals surface area (Å²) in [7, 11) is 0. The highest BCUT2D eigenvalue weighted by Crippen LogP contribution is 2.03. The maximum Gasteiger partial charge on any atom is 0.0405 e. The predicted octanol–water partition coefficient (Wildman–Crippen LogP) is 2.96. The summed E-state index contributed by atoms with van der Waals surface area (Å²) in [6.07, 6.45) is 0. The molecule has 1 nitrogen and oxygen atoms in total. The minimum absolute atomic E-state index is 0.794. The van der Waals surface area contributed by atoms with Crippen molar-refractivity contribution in [3.63, 3.8) is 0 Å². The van der Waals surface area contributed by atoms with Crippen molar-refractivity contribution >= 4 is 11.6 Å². The van der Waals surface area contributed by atoms with Gasteiger partial charge >= 0.3 is 0 Å². The molecular formula is C10H16ClN. The van der Waals surface area contributed by atoms with Crippen LogP contribution in [0.5, 0.6) is 0 Å². The third-order valence-corrected chi connectivity index (χ3v) is 1.49. The fourth-order valence-corrected chi connectivity index (χ4v) is 0.810. The van der Waals surface area contributed by atoms with Crippen LogP contribution >= 0.6 is 11.6 Å². The van der Waals surface area contributed by atoms with Crippen molar-refractivity contribution in [1.82, 2.24) is 5.32 Å². The molecular weight excluding hydrogens is 170 g/mol. The Hall–Kier alpha value is -0.530. The van der Waals surface area contributed by atoms with Gasteiger partial charge in [0.15, 0.2) is 0 Å². The third kappa shape index (κ3) is 7.58. The van der Waals surface area contributed by atoms with Crippen LogP contribution in [-0.2, 0) is 0 Å². The lowest BCUT2D eigenvalue weighted by atomic mass is 10.4. The first kappa shape index (κ1) is 11.5. The van der Waals surface area contributed by atoms with E-state index in [1.54, 1.807) is 0 Å².